The summed E-state index contributed by atoms with van der Waals surface area (Å²) < 4.78 is 1.07. The number of nitrogens with zero attached hydrogens (tertiary/aromatic N) is 2. The number of thiophene rings is 1. The second-order valence-electron chi connectivity index (χ2n) is 5.31. The minimum absolute atomic E-state index is 0.289. The molecule has 0 amide bonds. The molecule has 0 unspecified atom stereocenters. The van der Waals surface area contributed by atoms with Crippen LogP contribution >= 0.6 is 22.9 Å². The largest absolute Gasteiger partial charge is 0.365 e. The van der Waals surface area contributed by atoms with Crippen molar-refractivity contribution >= 4 is 44.9 Å². The van der Waals surface area contributed by atoms with E-state index in [0.717, 1.165) is 26.6 Å². The summed E-state index contributed by atoms with van der Waals surface area (Å²) in [5.74, 6) is 1.50. The maximum atomic E-state index is 6.03. The van der Waals surface area contributed by atoms with Crippen LogP contribution in [0, 0.1) is 0 Å². The van der Waals surface area contributed by atoms with Crippen LogP contribution in [0.15, 0.2) is 35.7 Å². The molecule has 4 nitrogen and oxygen atoms in total. The maximum absolute atomic E-state index is 6.03. The molecule has 1 aromatic carbocycles. The summed E-state index contributed by atoms with van der Waals surface area (Å²) in [6.45, 7) is 4.81. The van der Waals surface area contributed by atoms with Crippen LogP contribution in [0.25, 0.3) is 10.2 Å². The van der Waals surface area contributed by atoms with Gasteiger partial charge in [-0.1, -0.05) is 23.7 Å². The number of hydrogen-bond acceptors (Lipinski definition) is 5. The van der Waals surface area contributed by atoms with Crippen molar-refractivity contribution in [3.05, 3.63) is 46.3 Å². The number of benzene rings is 1. The van der Waals surface area contributed by atoms with Gasteiger partial charge in [-0.3, -0.25) is 0 Å². The number of fused-ring (bicyclic) bond motifs is 1. The Labute approximate surface area is 138 Å². The lowest BCUT2D eigenvalue weighted by molar-refractivity contribution is 0.877. The molecule has 0 aliphatic carbocycles. The summed E-state index contributed by atoms with van der Waals surface area (Å²) in [4.78, 5) is 9.13. The molecule has 3 aromatic rings. The molecule has 6 heteroatoms. The van der Waals surface area contributed by atoms with Crippen LogP contribution in [0.4, 0.5) is 11.8 Å². The number of rotatable bonds is 5. The molecule has 22 heavy (non-hydrogen) atoms. The zero-order valence-electron chi connectivity index (χ0n) is 12.4. The number of aromatic nitrogens is 2. The monoisotopic (exact) mass is 332 g/mol. The van der Waals surface area contributed by atoms with Gasteiger partial charge in [-0.05, 0) is 43.0 Å². The van der Waals surface area contributed by atoms with Gasteiger partial charge in [0.2, 0.25) is 5.95 Å². The van der Waals surface area contributed by atoms with Crippen LogP contribution in [-0.2, 0) is 6.54 Å². The Hall–Kier alpha value is -1.85. The van der Waals surface area contributed by atoms with Crippen LogP contribution in [0.3, 0.4) is 0 Å². The topological polar surface area (TPSA) is 49.8 Å². The van der Waals surface area contributed by atoms with Gasteiger partial charge in [0.15, 0.2) is 0 Å². The summed E-state index contributed by atoms with van der Waals surface area (Å²) >= 11 is 7.66. The average molecular weight is 333 g/mol. The molecule has 0 saturated heterocycles. The predicted molar refractivity (Wildman–Crippen MR) is 95.0 cm³/mol. The lowest BCUT2D eigenvalue weighted by atomic mass is 10.2. The van der Waals surface area contributed by atoms with Crippen LogP contribution in [0.5, 0.6) is 0 Å². The van der Waals surface area contributed by atoms with Gasteiger partial charge in [0.25, 0.3) is 0 Å². The van der Waals surface area contributed by atoms with E-state index in [1.54, 1.807) is 11.3 Å². The Morgan fingerprint density at radius 2 is 2.09 bits per heavy atom. The number of anilines is 2. The molecule has 114 valence electrons. The van der Waals surface area contributed by atoms with Gasteiger partial charge < -0.3 is 10.6 Å². The van der Waals surface area contributed by atoms with Gasteiger partial charge in [0.1, 0.15) is 5.82 Å². The van der Waals surface area contributed by atoms with Crippen molar-refractivity contribution in [2.75, 3.05) is 10.6 Å². The van der Waals surface area contributed by atoms with E-state index in [1.165, 1.54) is 0 Å². The van der Waals surface area contributed by atoms with E-state index in [2.05, 4.69) is 34.4 Å². The third-order valence-electron chi connectivity index (χ3n) is 3.07. The Morgan fingerprint density at radius 3 is 2.86 bits per heavy atom. The van der Waals surface area contributed by atoms with Crippen LogP contribution in [0.1, 0.15) is 19.4 Å². The van der Waals surface area contributed by atoms with Crippen LogP contribution < -0.4 is 10.6 Å². The van der Waals surface area contributed by atoms with Crippen molar-refractivity contribution < 1.29 is 0 Å². The van der Waals surface area contributed by atoms with Crippen molar-refractivity contribution in [3.63, 3.8) is 0 Å². The summed E-state index contributed by atoms with van der Waals surface area (Å²) in [7, 11) is 0. The standard InChI is InChI=1S/C16H17ClN4S/c1-10(2)19-16-20-13-6-7-22-14(13)15(21-16)18-9-11-4-3-5-12(17)8-11/h3-8,10H,9H2,1-2H3,(H2,18,19,20,21). The molecule has 0 saturated carbocycles. The first-order valence-corrected chi connectivity index (χ1v) is 8.37. The van der Waals surface area contributed by atoms with Crippen molar-refractivity contribution in [3.8, 4) is 0 Å². The SMILES string of the molecule is CC(C)Nc1nc(NCc2cccc(Cl)c2)c2sccc2n1. The highest BCUT2D eigenvalue weighted by atomic mass is 35.5. The number of halogens is 1. The summed E-state index contributed by atoms with van der Waals surface area (Å²) in [6, 6.07) is 10.1. The van der Waals surface area contributed by atoms with E-state index in [-0.39, 0.29) is 6.04 Å². The first-order valence-electron chi connectivity index (χ1n) is 7.12. The van der Waals surface area contributed by atoms with Gasteiger partial charge >= 0.3 is 0 Å². The van der Waals surface area contributed by atoms with Gasteiger partial charge in [0, 0.05) is 17.6 Å². The fourth-order valence-electron chi connectivity index (χ4n) is 2.14. The van der Waals surface area contributed by atoms with Crippen LogP contribution in [0.2, 0.25) is 5.02 Å². The molecule has 0 aliphatic heterocycles. The molecule has 2 aromatic heterocycles. The maximum Gasteiger partial charge on any atom is 0.225 e. The lowest BCUT2D eigenvalue weighted by Gasteiger charge is -2.12. The van der Waals surface area contributed by atoms with Crippen LogP contribution in [-0.4, -0.2) is 16.0 Å². The van der Waals surface area contributed by atoms with Crippen molar-refractivity contribution in [1.29, 1.82) is 0 Å². The van der Waals surface area contributed by atoms with Gasteiger partial charge in [-0.25, -0.2) is 4.98 Å². The first kappa shape index (κ1) is 15.1. The van der Waals surface area contributed by atoms with Gasteiger partial charge in [0.05, 0.1) is 10.2 Å². The minimum Gasteiger partial charge on any atom is -0.365 e. The first-order chi connectivity index (χ1) is 10.6. The Bertz CT molecular complexity index is 785. The summed E-state index contributed by atoms with van der Waals surface area (Å²) in [5, 5.41) is 9.42. The quantitative estimate of drug-likeness (QED) is 0.706. The van der Waals surface area contributed by atoms with E-state index in [1.807, 2.05) is 35.7 Å². The van der Waals surface area contributed by atoms with E-state index < -0.39 is 0 Å². The molecule has 2 N–H and O–H groups in total. The van der Waals surface area contributed by atoms with E-state index in [0.29, 0.717) is 12.5 Å². The molecule has 0 spiro atoms. The van der Waals surface area contributed by atoms with Gasteiger partial charge in [-0.15, -0.1) is 11.3 Å². The molecule has 3 rings (SSSR count). The lowest BCUT2D eigenvalue weighted by Crippen LogP contribution is -2.13. The second kappa shape index (κ2) is 6.50. The molecular formula is C16H17ClN4S. The molecule has 0 radical (unpaired) electrons. The minimum atomic E-state index is 0.289. The van der Waals surface area contributed by atoms with E-state index >= 15 is 0 Å². The summed E-state index contributed by atoms with van der Waals surface area (Å²) in [6.07, 6.45) is 0. The Balaban J connectivity index is 1.86. The highest BCUT2D eigenvalue weighted by molar-refractivity contribution is 7.17. The normalized spacial score (nSPS) is 11.1. The van der Waals surface area contributed by atoms with Crippen molar-refractivity contribution in [2.45, 2.75) is 26.4 Å². The Kier molecular flexibility index (Phi) is 4.45. The third kappa shape index (κ3) is 3.48. The highest BCUT2D eigenvalue weighted by Gasteiger charge is 2.09. The van der Waals surface area contributed by atoms with E-state index in [4.69, 9.17) is 11.6 Å². The molecule has 0 aliphatic rings. The fourth-order valence-corrected chi connectivity index (χ4v) is 3.15. The van der Waals surface area contributed by atoms with Gasteiger partial charge in [-0.2, -0.15) is 4.98 Å². The average Bonchev–Trinajstić information content (AvgIpc) is 2.92. The zero-order chi connectivity index (χ0) is 15.5. The third-order valence-corrected chi connectivity index (χ3v) is 4.22. The van der Waals surface area contributed by atoms with E-state index in [9.17, 15) is 0 Å². The highest BCUT2D eigenvalue weighted by Crippen LogP contribution is 2.28. The zero-order valence-corrected chi connectivity index (χ0v) is 14.0. The fraction of sp³-hybridized carbons (Fsp3) is 0.250. The Morgan fingerprint density at radius 1 is 1.23 bits per heavy atom. The number of hydrogen-bond donors (Lipinski definition) is 2. The number of nitrogens with one attached hydrogen (secondary N) is 2. The molecule has 0 atom stereocenters. The van der Waals surface area contributed by atoms with Crippen molar-refractivity contribution in [2.24, 2.45) is 0 Å². The predicted octanol–water partition coefficient (Wildman–Crippen LogP) is 4.78. The molecule has 0 fully saturated rings. The smallest absolute Gasteiger partial charge is 0.225 e. The molecule has 0 bridgehead atoms. The molecule has 2 heterocycles. The van der Waals surface area contributed by atoms with Crippen molar-refractivity contribution in [1.82, 2.24) is 9.97 Å². The molecular weight excluding hydrogens is 316 g/mol. The second-order valence-corrected chi connectivity index (χ2v) is 6.67. The summed E-state index contributed by atoms with van der Waals surface area (Å²) in [5.41, 5.74) is 2.07.